The predicted molar refractivity (Wildman–Crippen MR) is 154 cm³/mol. The smallest absolute Gasteiger partial charge is 0.246 e. The lowest BCUT2D eigenvalue weighted by molar-refractivity contribution is -0.141. The normalized spacial score (nSPS) is 29.7. The molecule has 0 aromatic heterocycles. The second-order valence-corrected chi connectivity index (χ2v) is 12.3. The lowest BCUT2D eigenvalue weighted by atomic mass is 9.74. The van der Waals surface area contributed by atoms with Gasteiger partial charge in [0.1, 0.15) is 11.6 Å². The zero-order chi connectivity index (χ0) is 27.6. The molecule has 4 aliphatic rings. The summed E-state index contributed by atoms with van der Waals surface area (Å²) in [7, 11) is 0. The number of hydrogen-bond donors (Lipinski definition) is 2. The zero-order valence-corrected chi connectivity index (χ0v) is 24.6. The van der Waals surface area contributed by atoms with Crippen molar-refractivity contribution in [2.45, 2.75) is 82.6 Å². The van der Waals surface area contributed by atoms with E-state index in [2.05, 4.69) is 45.3 Å². The fraction of sp³-hybridized carbons (Fsp3) is 0.633. The van der Waals surface area contributed by atoms with E-state index in [1.165, 1.54) is 6.42 Å². The van der Waals surface area contributed by atoms with E-state index in [1.54, 1.807) is 4.90 Å². The molecule has 1 saturated carbocycles. The number of benzene rings is 1. The monoisotopic (exact) mass is 600 g/mol. The van der Waals surface area contributed by atoms with Crippen molar-refractivity contribution in [3.63, 3.8) is 0 Å². The molecular weight excluding hydrogens is 560 g/mol. The highest BCUT2D eigenvalue weighted by Crippen LogP contribution is 2.55. The lowest BCUT2D eigenvalue weighted by Gasteiger charge is -2.35. The van der Waals surface area contributed by atoms with Gasteiger partial charge in [0.25, 0.3) is 0 Å². The number of nitrogens with zero attached hydrogens (tertiary/aromatic N) is 2. The van der Waals surface area contributed by atoms with Crippen LogP contribution < -0.4 is 10.6 Å². The van der Waals surface area contributed by atoms with Crippen molar-refractivity contribution in [2.24, 2.45) is 11.8 Å². The molecule has 3 heterocycles. The standard InChI is InChI=1S/C30H41BrN4O4/c1-3-16-34(17-4-2)18-19-35-26(28(37)33-21-8-6-5-7-9-21)30-15-14-23(39-30)24(25(30)29(35)38)27(36)32-22-12-10-20(31)11-13-22/h10-15,21,23-26H,3-9,16-19H2,1-2H3,(H,32,36)(H,33,37). The summed E-state index contributed by atoms with van der Waals surface area (Å²) in [5.41, 5.74) is -0.463. The van der Waals surface area contributed by atoms with Crippen molar-refractivity contribution >= 4 is 39.3 Å². The molecule has 212 valence electrons. The van der Waals surface area contributed by atoms with Gasteiger partial charge in [-0.3, -0.25) is 14.4 Å². The average molecular weight is 602 g/mol. The van der Waals surface area contributed by atoms with Gasteiger partial charge >= 0.3 is 0 Å². The predicted octanol–water partition coefficient (Wildman–Crippen LogP) is 4.11. The Hall–Kier alpha value is -2.23. The second kappa shape index (κ2) is 12.1. The number of ether oxygens (including phenoxy) is 1. The SMILES string of the molecule is CCCN(CCC)CCN1C(=O)C2C(C(=O)Nc3ccc(Br)cc3)C3C=CC2(O3)C1C(=O)NC1CCCCC1. The molecule has 0 radical (unpaired) electrons. The first-order valence-corrected chi connectivity index (χ1v) is 15.4. The van der Waals surface area contributed by atoms with Gasteiger partial charge in [-0.25, -0.2) is 0 Å². The number of hydrogen-bond acceptors (Lipinski definition) is 5. The molecular formula is C30H41BrN4O4. The lowest BCUT2D eigenvalue weighted by Crippen LogP contribution is -2.57. The molecule has 39 heavy (non-hydrogen) atoms. The fourth-order valence-electron chi connectivity index (χ4n) is 7.01. The largest absolute Gasteiger partial charge is 0.359 e. The van der Waals surface area contributed by atoms with Crippen LogP contribution in [0.15, 0.2) is 40.9 Å². The van der Waals surface area contributed by atoms with E-state index in [9.17, 15) is 14.4 Å². The summed E-state index contributed by atoms with van der Waals surface area (Å²) >= 11 is 3.42. The minimum Gasteiger partial charge on any atom is -0.359 e. The van der Waals surface area contributed by atoms with Gasteiger partial charge in [-0.05, 0) is 63.0 Å². The van der Waals surface area contributed by atoms with Crippen molar-refractivity contribution in [3.05, 3.63) is 40.9 Å². The van der Waals surface area contributed by atoms with Crippen LogP contribution in [0, 0.1) is 11.8 Å². The number of carbonyl (C=O) groups is 3. The molecule has 2 N–H and O–H groups in total. The molecule has 9 heteroatoms. The maximum absolute atomic E-state index is 14.1. The summed E-state index contributed by atoms with van der Waals surface area (Å²) in [4.78, 5) is 45.8. The van der Waals surface area contributed by atoms with Crippen LogP contribution >= 0.6 is 15.9 Å². The van der Waals surface area contributed by atoms with Gasteiger partial charge in [0.2, 0.25) is 17.7 Å². The first kappa shape index (κ1) is 28.3. The van der Waals surface area contributed by atoms with E-state index in [0.29, 0.717) is 18.8 Å². The topological polar surface area (TPSA) is 91.0 Å². The van der Waals surface area contributed by atoms with Crippen molar-refractivity contribution in [3.8, 4) is 0 Å². The Kier molecular flexibility index (Phi) is 8.79. The number of rotatable bonds is 11. The third-order valence-electron chi connectivity index (χ3n) is 8.73. The quantitative estimate of drug-likeness (QED) is 0.373. The summed E-state index contributed by atoms with van der Waals surface area (Å²) in [5.74, 6) is -1.98. The van der Waals surface area contributed by atoms with E-state index in [0.717, 1.165) is 56.1 Å². The number of likely N-dealkylation sites (tertiary alicyclic amines) is 1. The number of halogens is 1. The molecule has 5 rings (SSSR count). The zero-order valence-electron chi connectivity index (χ0n) is 23.0. The molecule has 2 bridgehead atoms. The Labute approximate surface area is 240 Å². The maximum Gasteiger partial charge on any atom is 0.246 e. The minimum atomic E-state index is -1.12. The molecule has 1 aromatic rings. The molecule has 1 spiro atoms. The number of amides is 3. The first-order valence-electron chi connectivity index (χ1n) is 14.6. The van der Waals surface area contributed by atoms with Crippen LogP contribution in [-0.2, 0) is 19.1 Å². The van der Waals surface area contributed by atoms with Gasteiger partial charge in [0, 0.05) is 29.3 Å². The molecule has 1 aliphatic carbocycles. The van der Waals surface area contributed by atoms with Crippen molar-refractivity contribution in [1.82, 2.24) is 15.1 Å². The van der Waals surface area contributed by atoms with Gasteiger partial charge in [0.05, 0.1) is 17.9 Å². The molecule has 5 atom stereocenters. The molecule has 1 aromatic carbocycles. The van der Waals surface area contributed by atoms with Crippen molar-refractivity contribution < 1.29 is 19.1 Å². The first-order chi connectivity index (χ1) is 18.9. The van der Waals surface area contributed by atoms with Crippen LogP contribution in [0.5, 0.6) is 0 Å². The van der Waals surface area contributed by atoms with Crippen LogP contribution in [-0.4, -0.2) is 77.5 Å². The van der Waals surface area contributed by atoms with E-state index >= 15 is 0 Å². The molecule has 8 nitrogen and oxygen atoms in total. The van der Waals surface area contributed by atoms with Gasteiger partial charge in [-0.1, -0.05) is 61.2 Å². The number of anilines is 1. The highest BCUT2D eigenvalue weighted by atomic mass is 79.9. The number of nitrogens with one attached hydrogen (secondary N) is 2. The Morgan fingerprint density at radius 3 is 2.41 bits per heavy atom. The van der Waals surface area contributed by atoms with Gasteiger partial charge in [0.15, 0.2) is 0 Å². The average Bonchev–Trinajstić information content (AvgIpc) is 3.56. The molecule has 3 aliphatic heterocycles. The Balaban J connectivity index is 1.41. The van der Waals surface area contributed by atoms with Crippen LogP contribution in [0.1, 0.15) is 58.8 Å². The Morgan fingerprint density at radius 2 is 1.74 bits per heavy atom. The van der Waals surface area contributed by atoms with E-state index in [1.807, 2.05) is 36.4 Å². The van der Waals surface area contributed by atoms with E-state index in [4.69, 9.17) is 4.74 Å². The van der Waals surface area contributed by atoms with Gasteiger partial charge in [-0.15, -0.1) is 0 Å². The second-order valence-electron chi connectivity index (χ2n) is 11.4. The number of carbonyl (C=O) groups excluding carboxylic acids is 3. The van der Waals surface area contributed by atoms with Crippen LogP contribution in [0.3, 0.4) is 0 Å². The summed E-state index contributed by atoms with van der Waals surface area (Å²) in [5, 5.41) is 6.24. The molecule has 2 saturated heterocycles. The summed E-state index contributed by atoms with van der Waals surface area (Å²) in [6, 6.07) is 6.70. The van der Waals surface area contributed by atoms with Crippen LogP contribution in [0.2, 0.25) is 0 Å². The third kappa shape index (κ3) is 5.55. The Morgan fingerprint density at radius 1 is 1.05 bits per heavy atom. The van der Waals surface area contributed by atoms with Crippen molar-refractivity contribution in [1.29, 1.82) is 0 Å². The molecule has 3 fully saturated rings. The van der Waals surface area contributed by atoms with Crippen LogP contribution in [0.25, 0.3) is 0 Å². The van der Waals surface area contributed by atoms with E-state index < -0.39 is 29.6 Å². The minimum absolute atomic E-state index is 0.120. The number of fused-ring (bicyclic) bond motifs is 1. The van der Waals surface area contributed by atoms with Gasteiger partial charge in [-0.2, -0.15) is 0 Å². The fourth-order valence-corrected chi connectivity index (χ4v) is 7.28. The third-order valence-corrected chi connectivity index (χ3v) is 9.25. The molecule has 3 amide bonds. The Bertz CT molecular complexity index is 1080. The summed E-state index contributed by atoms with van der Waals surface area (Å²) in [6.07, 6.45) is 10.6. The summed E-state index contributed by atoms with van der Waals surface area (Å²) in [6.45, 7) is 7.31. The van der Waals surface area contributed by atoms with Crippen LogP contribution in [0.4, 0.5) is 5.69 Å². The van der Waals surface area contributed by atoms with Crippen molar-refractivity contribution in [2.75, 3.05) is 31.5 Å². The van der Waals surface area contributed by atoms with E-state index in [-0.39, 0.29) is 23.8 Å². The summed E-state index contributed by atoms with van der Waals surface area (Å²) < 4.78 is 7.40. The van der Waals surface area contributed by atoms with Gasteiger partial charge < -0.3 is 25.2 Å². The molecule has 5 unspecified atom stereocenters. The highest BCUT2D eigenvalue weighted by molar-refractivity contribution is 9.10. The highest BCUT2D eigenvalue weighted by Gasteiger charge is 2.72. The maximum atomic E-state index is 14.1.